The van der Waals surface area contributed by atoms with Gasteiger partial charge in [0, 0.05) is 36.8 Å². The zero-order chi connectivity index (χ0) is 15.5. The van der Waals surface area contributed by atoms with Crippen LogP contribution in [-0.4, -0.2) is 32.6 Å². The summed E-state index contributed by atoms with van der Waals surface area (Å²) >= 11 is 0. The molecule has 22 heavy (non-hydrogen) atoms. The van der Waals surface area contributed by atoms with Crippen molar-refractivity contribution in [3.05, 3.63) is 24.0 Å². The van der Waals surface area contributed by atoms with Crippen molar-refractivity contribution in [2.24, 2.45) is 0 Å². The van der Waals surface area contributed by atoms with Crippen LogP contribution in [0.5, 0.6) is 0 Å². The van der Waals surface area contributed by atoms with Gasteiger partial charge in [0.15, 0.2) is 5.65 Å². The summed E-state index contributed by atoms with van der Waals surface area (Å²) in [7, 11) is 0. The molecule has 0 bridgehead atoms. The Labute approximate surface area is 130 Å². The molecule has 0 spiro atoms. The highest BCUT2D eigenvalue weighted by Gasteiger charge is 2.25. The second-order valence-electron chi connectivity index (χ2n) is 6.04. The Bertz CT molecular complexity index is 666. The number of hydrogen-bond donors (Lipinski definition) is 2. The smallest absolute Gasteiger partial charge is 0.217 e. The van der Waals surface area contributed by atoms with E-state index in [0.717, 1.165) is 49.3 Å². The van der Waals surface area contributed by atoms with Gasteiger partial charge in [0.1, 0.15) is 5.82 Å². The minimum atomic E-state index is 0.0502. The Balaban J connectivity index is 1.76. The van der Waals surface area contributed by atoms with Gasteiger partial charge in [-0.3, -0.25) is 4.79 Å². The van der Waals surface area contributed by atoms with Crippen LogP contribution in [0.15, 0.2) is 18.3 Å². The molecule has 1 amide bonds. The second-order valence-corrected chi connectivity index (χ2v) is 6.04. The van der Waals surface area contributed by atoms with Crippen molar-refractivity contribution in [1.29, 1.82) is 0 Å². The van der Waals surface area contributed by atoms with E-state index in [-0.39, 0.29) is 11.9 Å². The van der Waals surface area contributed by atoms with E-state index in [9.17, 15) is 4.79 Å². The average Bonchev–Trinajstić information content (AvgIpc) is 3.08. The van der Waals surface area contributed by atoms with E-state index in [0.29, 0.717) is 6.04 Å². The minimum absolute atomic E-state index is 0.0502. The van der Waals surface area contributed by atoms with Crippen LogP contribution in [0.25, 0.3) is 5.65 Å². The Morgan fingerprint density at radius 2 is 2.23 bits per heavy atom. The van der Waals surface area contributed by atoms with Crippen LogP contribution in [0.4, 0.5) is 5.82 Å². The molecule has 2 aromatic rings. The summed E-state index contributed by atoms with van der Waals surface area (Å²) in [6.45, 7) is 3.73. The zero-order valence-electron chi connectivity index (χ0n) is 13.2. The lowest BCUT2D eigenvalue weighted by Gasteiger charge is -2.16. The molecule has 2 aromatic heterocycles. The SMILES string of the molecule is CCCc1cc(N[C@@H]2CC[C@@H](NC(C)=O)C2)n2nccc2n1. The summed E-state index contributed by atoms with van der Waals surface area (Å²) in [6, 6.07) is 4.66. The summed E-state index contributed by atoms with van der Waals surface area (Å²) in [5.41, 5.74) is 1.97. The summed E-state index contributed by atoms with van der Waals surface area (Å²) in [4.78, 5) is 15.8. The number of amides is 1. The molecule has 118 valence electrons. The van der Waals surface area contributed by atoms with E-state index in [1.807, 2.05) is 10.6 Å². The first-order chi connectivity index (χ1) is 10.7. The molecule has 1 aliphatic rings. The maximum atomic E-state index is 11.2. The van der Waals surface area contributed by atoms with E-state index < -0.39 is 0 Å². The van der Waals surface area contributed by atoms with E-state index >= 15 is 0 Å². The van der Waals surface area contributed by atoms with Crippen molar-refractivity contribution >= 4 is 17.4 Å². The molecule has 0 radical (unpaired) electrons. The Kier molecular flexibility index (Phi) is 4.27. The minimum Gasteiger partial charge on any atom is -0.367 e. The van der Waals surface area contributed by atoms with Crippen LogP contribution >= 0.6 is 0 Å². The monoisotopic (exact) mass is 301 g/mol. The predicted octanol–water partition coefficient (Wildman–Crippen LogP) is 2.15. The highest BCUT2D eigenvalue weighted by atomic mass is 16.1. The number of anilines is 1. The molecule has 3 rings (SSSR count). The first kappa shape index (κ1) is 14.8. The predicted molar refractivity (Wildman–Crippen MR) is 85.8 cm³/mol. The molecule has 2 atom stereocenters. The first-order valence-corrected chi connectivity index (χ1v) is 8.03. The zero-order valence-corrected chi connectivity index (χ0v) is 13.2. The van der Waals surface area contributed by atoms with E-state index in [1.165, 1.54) is 0 Å². The summed E-state index contributed by atoms with van der Waals surface area (Å²) in [5, 5.41) is 10.9. The number of carbonyl (C=O) groups is 1. The van der Waals surface area contributed by atoms with Crippen molar-refractivity contribution in [2.45, 2.75) is 58.0 Å². The number of carbonyl (C=O) groups excluding carboxylic acids is 1. The number of aromatic nitrogens is 3. The highest BCUT2D eigenvalue weighted by molar-refractivity contribution is 5.73. The van der Waals surface area contributed by atoms with Crippen LogP contribution in [-0.2, 0) is 11.2 Å². The molecule has 0 aliphatic heterocycles. The molecule has 0 aromatic carbocycles. The molecule has 0 unspecified atom stereocenters. The van der Waals surface area contributed by atoms with Gasteiger partial charge in [-0.25, -0.2) is 4.98 Å². The van der Waals surface area contributed by atoms with E-state index in [4.69, 9.17) is 0 Å². The fraction of sp³-hybridized carbons (Fsp3) is 0.562. The van der Waals surface area contributed by atoms with Crippen LogP contribution in [0.3, 0.4) is 0 Å². The van der Waals surface area contributed by atoms with Gasteiger partial charge in [-0.1, -0.05) is 13.3 Å². The Morgan fingerprint density at radius 3 is 3.00 bits per heavy atom. The molecular weight excluding hydrogens is 278 g/mol. The third kappa shape index (κ3) is 3.21. The maximum Gasteiger partial charge on any atom is 0.217 e. The number of nitrogens with zero attached hydrogens (tertiary/aromatic N) is 3. The number of rotatable bonds is 5. The standard InChI is InChI=1S/C16H23N5O/c1-3-4-12-10-16(21-15(19-12)7-8-17-21)20-14-6-5-13(9-14)18-11(2)22/h7-8,10,13-14,20H,3-6,9H2,1-2H3,(H,18,22)/t13-,14-/m1/s1. The number of fused-ring (bicyclic) bond motifs is 1. The van der Waals surface area contributed by atoms with Crippen molar-refractivity contribution < 1.29 is 4.79 Å². The van der Waals surface area contributed by atoms with Gasteiger partial charge in [0.25, 0.3) is 0 Å². The fourth-order valence-corrected chi connectivity index (χ4v) is 3.19. The molecule has 6 heteroatoms. The molecule has 1 aliphatic carbocycles. The number of aryl methyl sites for hydroxylation is 1. The molecular formula is C16H23N5O. The lowest BCUT2D eigenvalue weighted by molar-refractivity contribution is -0.119. The van der Waals surface area contributed by atoms with Gasteiger partial charge in [-0.05, 0) is 25.7 Å². The third-order valence-corrected chi connectivity index (χ3v) is 4.11. The quantitative estimate of drug-likeness (QED) is 0.887. The molecule has 6 nitrogen and oxygen atoms in total. The van der Waals surface area contributed by atoms with Crippen LogP contribution in [0, 0.1) is 0 Å². The first-order valence-electron chi connectivity index (χ1n) is 8.03. The van der Waals surface area contributed by atoms with Crippen LogP contribution in [0.1, 0.15) is 45.2 Å². The van der Waals surface area contributed by atoms with Crippen molar-refractivity contribution in [3.8, 4) is 0 Å². The Morgan fingerprint density at radius 1 is 1.41 bits per heavy atom. The fourth-order valence-electron chi connectivity index (χ4n) is 3.19. The molecule has 2 N–H and O–H groups in total. The van der Waals surface area contributed by atoms with Gasteiger partial charge in [-0.15, -0.1) is 0 Å². The number of nitrogens with one attached hydrogen (secondary N) is 2. The topological polar surface area (TPSA) is 71.3 Å². The van der Waals surface area contributed by atoms with Gasteiger partial charge >= 0.3 is 0 Å². The third-order valence-electron chi connectivity index (χ3n) is 4.11. The van der Waals surface area contributed by atoms with Crippen molar-refractivity contribution in [3.63, 3.8) is 0 Å². The maximum absolute atomic E-state index is 11.2. The molecule has 1 fully saturated rings. The summed E-state index contributed by atoms with van der Waals surface area (Å²) in [5.74, 6) is 1.04. The molecule has 0 saturated heterocycles. The number of hydrogen-bond acceptors (Lipinski definition) is 4. The lowest BCUT2D eigenvalue weighted by atomic mass is 10.2. The van der Waals surface area contributed by atoms with Gasteiger partial charge in [0.05, 0.1) is 6.20 Å². The summed E-state index contributed by atoms with van der Waals surface area (Å²) in [6.07, 6.45) is 6.84. The van der Waals surface area contributed by atoms with Gasteiger partial charge in [0.2, 0.25) is 5.91 Å². The molecule has 1 saturated carbocycles. The average molecular weight is 301 g/mol. The second kappa shape index (κ2) is 6.34. The van der Waals surface area contributed by atoms with Crippen molar-refractivity contribution in [1.82, 2.24) is 19.9 Å². The van der Waals surface area contributed by atoms with Crippen LogP contribution < -0.4 is 10.6 Å². The largest absolute Gasteiger partial charge is 0.367 e. The van der Waals surface area contributed by atoms with Gasteiger partial charge in [-0.2, -0.15) is 9.61 Å². The van der Waals surface area contributed by atoms with E-state index in [1.54, 1.807) is 13.1 Å². The lowest BCUT2D eigenvalue weighted by Crippen LogP contribution is -2.32. The normalized spacial score (nSPS) is 21.2. The van der Waals surface area contributed by atoms with Crippen molar-refractivity contribution in [2.75, 3.05) is 5.32 Å². The van der Waals surface area contributed by atoms with E-state index in [2.05, 4.69) is 33.7 Å². The van der Waals surface area contributed by atoms with Crippen LogP contribution in [0.2, 0.25) is 0 Å². The Hall–Kier alpha value is -2.11. The highest BCUT2D eigenvalue weighted by Crippen LogP contribution is 2.24. The summed E-state index contributed by atoms with van der Waals surface area (Å²) < 4.78 is 1.85. The molecule has 2 heterocycles. The van der Waals surface area contributed by atoms with Gasteiger partial charge < -0.3 is 10.6 Å².